The van der Waals surface area contributed by atoms with Crippen LogP contribution in [-0.2, 0) is 14.8 Å². The number of thiazole rings is 1. The van der Waals surface area contributed by atoms with Gasteiger partial charge in [-0.15, -0.1) is 0 Å². The van der Waals surface area contributed by atoms with Gasteiger partial charge in [-0.2, -0.15) is 0 Å². The number of carbonyl (C=O) groups is 1. The lowest BCUT2D eigenvalue weighted by Crippen LogP contribution is -2.15. The highest BCUT2D eigenvalue weighted by molar-refractivity contribution is 7.94. The molecule has 0 saturated carbocycles. The summed E-state index contributed by atoms with van der Waals surface area (Å²) in [5, 5.41) is 0.277. The van der Waals surface area contributed by atoms with Gasteiger partial charge >= 0.3 is 5.97 Å². The van der Waals surface area contributed by atoms with E-state index in [2.05, 4.69) is 14.4 Å². The number of halogens is 2. The minimum Gasteiger partial charge on any atom is -0.465 e. The van der Waals surface area contributed by atoms with E-state index in [-0.39, 0.29) is 24.9 Å². The van der Waals surface area contributed by atoms with Gasteiger partial charge in [-0.1, -0.05) is 34.5 Å². The summed E-state index contributed by atoms with van der Waals surface area (Å²) in [7, 11) is -2.71. The molecule has 0 aliphatic heterocycles. The molecule has 0 amide bonds. The Morgan fingerprint density at radius 3 is 2.67 bits per heavy atom. The first kappa shape index (κ1) is 16.0. The lowest BCUT2D eigenvalue weighted by atomic mass is 10.2. The van der Waals surface area contributed by atoms with Crippen LogP contribution in [0.5, 0.6) is 0 Å². The average molecular weight is 367 g/mol. The van der Waals surface area contributed by atoms with Crippen LogP contribution in [0.1, 0.15) is 10.4 Å². The van der Waals surface area contributed by atoms with Crippen LogP contribution in [0, 0.1) is 0 Å². The van der Waals surface area contributed by atoms with Crippen molar-refractivity contribution < 1.29 is 17.9 Å². The minimum atomic E-state index is -3.90. The molecule has 0 fully saturated rings. The Hall–Kier alpha value is -1.35. The van der Waals surface area contributed by atoms with Crippen LogP contribution in [0.4, 0.5) is 5.69 Å². The third kappa shape index (κ3) is 3.65. The molecule has 21 heavy (non-hydrogen) atoms. The van der Waals surface area contributed by atoms with E-state index >= 15 is 0 Å². The van der Waals surface area contributed by atoms with Crippen molar-refractivity contribution in [3.63, 3.8) is 0 Å². The van der Waals surface area contributed by atoms with E-state index in [0.717, 1.165) is 17.5 Å². The van der Waals surface area contributed by atoms with Crippen LogP contribution >= 0.6 is 34.5 Å². The number of anilines is 1. The second-order valence-electron chi connectivity index (χ2n) is 3.72. The van der Waals surface area contributed by atoms with Crippen LogP contribution in [0.3, 0.4) is 0 Å². The van der Waals surface area contributed by atoms with Crippen molar-refractivity contribution in [2.45, 2.75) is 4.21 Å². The van der Waals surface area contributed by atoms with Crippen LogP contribution in [0.15, 0.2) is 28.6 Å². The Labute approximate surface area is 134 Å². The standard InChI is InChI=1S/C11H8Cl2N2O4S2/c1-19-10(16)7-4-6(12)2-3-8(7)15-21(17,18)9-5-14-11(13)20-9/h2-5,15H,1H3. The topological polar surface area (TPSA) is 85.4 Å². The zero-order valence-corrected chi connectivity index (χ0v) is 13.6. The molecule has 0 aliphatic carbocycles. The molecule has 6 nitrogen and oxygen atoms in total. The van der Waals surface area contributed by atoms with Gasteiger partial charge in [-0.3, -0.25) is 4.72 Å². The van der Waals surface area contributed by atoms with E-state index in [1.807, 2.05) is 0 Å². The average Bonchev–Trinajstić information content (AvgIpc) is 2.87. The normalized spacial score (nSPS) is 11.2. The first-order valence-corrected chi connectivity index (χ1v) is 8.41. The van der Waals surface area contributed by atoms with Crippen molar-refractivity contribution in [3.8, 4) is 0 Å². The number of hydrogen-bond donors (Lipinski definition) is 1. The molecular weight excluding hydrogens is 359 g/mol. The maximum absolute atomic E-state index is 12.2. The Morgan fingerprint density at radius 2 is 2.10 bits per heavy atom. The van der Waals surface area contributed by atoms with Crippen molar-refractivity contribution in [1.29, 1.82) is 0 Å². The SMILES string of the molecule is COC(=O)c1cc(Cl)ccc1NS(=O)(=O)c1cnc(Cl)s1. The van der Waals surface area contributed by atoms with Crippen LogP contribution < -0.4 is 4.72 Å². The molecule has 0 atom stereocenters. The summed E-state index contributed by atoms with van der Waals surface area (Å²) >= 11 is 12.2. The van der Waals surface area contributed by atoms with Gasteiger partial charge in [-0.05, 0) is 18.2 Å². The second kappa shape index (κ2) is 6.18. The Morgan fingerprint density at radius 1 is 1.38 bits per heavy atom. The van der Waals surface area contributed by atoms with E-state index in [4.69, 9.17) is 23.2 Å². The first-order valence-electron chi connectivity index (χ1n) is 5.35. The molecule has 0 aliphatic rings. The number of rotatable bonds is 4. The molecule has 0 bridgehead atoms. The number of aromatic nitrogens is 1. The maximum atomic E-state index is 12.2. The van der Waals surface area contributed by atoms with Gasteiger partial charge < -0.3 is 4.74 Å². The molecule has 1 heterocycles. The van der Waals surface area contributed by atoms with Gasteiger partial charge in [0.05, 0.1) is 24.6 Å². The second-order valence-corrected chi connectivity index (χ2v) is 7.68. The number of hydrogen-bond acceptors (Lipinski definition) is 6. The van der Waals surface area contributed by atoms with Gasteiger partial charge in [0.25, 0.3) is 10.0 Å². The van der Waals surface area contributed by atoms with Gasteiger partial charge in [0.2, 0.25) is 0 Å². The van der Waals surface area contributed by atoms with E-state index < -0.39 is 16.0 Å². The molecule has 2 rings (SSSR count). The smallest absolute Gasteiger partial charge is 0.340 e. The molecule has 0 saturated heterocycles. The molecule has 1 N–H and O–H groups in total. The highest BCUT2D eigenvalue weighted by Crippen LogP contribution is 2.27. The fraction of sp³-hybridized carbons (Fsp3) is 0.0909. The van der Waals surface area contributed by atoms with Gasteiger partial charge in [-0.25, -0.2) is 18.2 Å². The zero-order chi connectivity index (χ0) is 15.6. The van der Waals surface area contributed by atoms with Gasteiger partial charge in [0.15, 0.2) is 8.68 Å². The molecule has 10 heteroatoms. The summed E-state index contributed by atoms with van der Waals surface area (Å²) in [6, 6.07) is 4.13. The lowest BCUT2D eigenvalue weighted by Gasteiger charge is -2.10. The van der Waals surface area contributed by atoms with E-state index in [9.17, 15) is 13.2 Å². The summed E-state index contributed by atoms with van der Waals surface area (Å²) in [5.74, 6) is -0.711. The van der Waals surface area contributed by atoms with Crippen molar-refractivity contribution in [3.05, 3.63) is 39.4 Å². The Kier molecular flexibility index (Phi) is 4.72. The number of ether oxygens (including phenoxy) is 1. The van der Waals surface area contributed by atoms with Crippen molar-refractivity contribution >= 4 is 56.2 Å². The van der Waals surface area contributed by atoms with Crippen LogP contribution in [-0.4, -0.2) is 26.5 Å². The quantitative estimate of drug-likeness (QED) is 0.840. The highest BCUT2D eigenvalue weighted by Gasteiger charge is 2.21. The van der Waals surface area contributed by atoms with Crippen molar-refractivity contribution in [1.82, 2.24) is 4.98 Å². The summed E-state index contributed by atoms with van der Waals surface area (Å²) in [5.41, 5.74) is 0.0555. The fourth-order valence-electron chi connectivity index (χ4n) is 1.44. The number of methoxy groups -OCH3 is 1. The summed E-state index contributed by atoms with van der Waals surface area (Å²) < 4.78 is 31.3. The molecule has 2 aromatic rings. The number of nitrogens with one attached hydrogen (secondary N) is 1. The number of benzene rings is 1. The molecular formula is C11H8Cl2N2O4S2. The van der Waals surface area contributed by atoms with E-state index in [0.29, 0.717) is 0 Å². The monoisotopic (exact) mass is 366 g/mol. The summed E-state index contributed by atoms with van der Waals surface area (Å²) in [4.78, 5) is 15.3. The summed E-state index contributed by atoms with van der Waals surface area (Å²) in [6.07, 6.45) is 1.13. The molecule has 1 aromatic heterocycles. The predicted molar refractivity (Wildman–Crippen MR) is 80.7 cm³/mol. The lowest BCUT2D eigenvalue weighted by molar-refractivity contribution is 0.0602. The number of nitrogens with zero attached hydrogens (tertiary/aromatic N) is 1. The number of carbonyl (C=O) groups excluding carboxylic acids is 1. The third-order valence-electron chi connectivity index (χ3n) is 2.35. The summed E-state index contributed by atoms with van der Waals surface area (Å²) in [6.45, 7) is 0. The minimum absolute atomic E-state index is 0.00388. The highest BCUT2D eigenvalue weighted by atomic mass is 35.5. The fourth-order valence-corrected chi connectivity index (χ4v) is 3.99. The Bertz CT molecular complexity index is 789. The molecule has 0 radical (unpaired) electrons. The number of esters is 1. The van der Waals surface area contributed by atoms with Crippen molar-refractivity contribution in [2.75, 3.05) is 11.8 Å². The number of sulfonamides is 1. The molecule has 0 spiro atoms. The van der Waals surface area contributed by atoms with Crippen LogP contribution in [0.2, 0.25) is 9.49 Å². The van der Waals surface area contributed by atoms with Gasteiger partial charge in [0, 0.05) is 5.02 Å². The predicted octanol–water partition coefficient (Wildman–Crippen LogP) is 3.04. The maximum Gasteiger partial charge on any atom is 0.340 e. The van der Waals surface area contributed by atoms with E-state index in [1.54, 1.807) is 0 Å². The van der Waals surface area contributed by atoms with E-state index in [1.165, 1.54) is 25.3 Å². The largest absolute Gasteiger partial charge is 0.465 e. The van der Waals surface area contributed by atoms with Crippen LogP contribution in [0.25, 0.3) is 0 Å². The zero-order valence-electron chi connectivity index (χ0n) is 10.5. The van der Waals surface area contributed by atoms with Crippen molar-refractivity contribution in [2.24, 2.45) is 0 Å². The molecule has 112 valence electrons. The molecule has 0 unspecified atom stereocenters. The molecule has 1 aromatic carbocycles. The first-order chi connectivity index (χ1) is 9.83. The Balaban J connectivity index is 2.42. The van der Waals surface area contributed by atoms with Gasteiger partial charge in [0.1, 0.15) is 0 Å². The third-order valence-corrected chi connectivity index (χ3v) is 5.53.